The zero-order valence-electron chi connectivity index (χ0n) is 12.4. The number of nitriles is 1. The van der Waals surface area contributed by atoms with E-state index < -0.39 is 0 Å². The molecule has 0 aliphatic carbocycles. The molecule has 0 unspecified atom stereocenters. The van der Waals surface area contributed by atoms with E-state index in [0.717, 1.165) is 58.3 Å². The Labute approximate surface area is 117 Å². The van der Waals surface area contributed by atoms with E-state index in [-0.39, 0.29) is 11.3 Å². The Morgan fingerprint density at radius 1 is 1.26 bits per heavy atom. The van der Waals surface area contributed by atoms with Crippen molar-refractivity contribution in [2.75, 3.05) is 26.2 Å². The van der Waals surface area contributed by atoms with Crippen LogP contribution in [-0.4, -0.2) is 37.0 Å². The van der Waals surface area contributed by atoms with Crippen molar-refractivity contribution in [1.29, 1.82) is 5.26 Å². The Morgan fingerprint density at radius 2 is 1.95 bits per heavy atom. The van der Waals surface area contributed by atoms with Gasteiger partial charge in [-0.1, -0.05) is 6.42 Å². The maximum Gasteiger partial charge on any atom is 0.223 e. The highest BCUT2D eigenvalue weighted by Gasteiger charge is 2.17. The first kappa shape index (κ1) is 16.0. The van der Waals surface area contributed by atoms with Crippen molar-refractivity contribution in [3.8, 4) is 6.07 Å². The molecular formula is C15H27N3O. The van der Waals surface area contributed by atoms with Gasteiger partial charge in [-0.15, -0.1) is 0 Å². The summed E-state index contributed by atoms with van der Waals surface area (Å²) in [6.45, 7) is 7.57. The van der Waals surface area contributed by atoms with Crippen LogP contribution in [0.4, 0.5) is 0 Å². The fourth-order valence-electron chi connectivity index (χ4n) is 2.32. The third-order valence-corrected chi connectivity index (χ3v) is 3.68. The Hall–Kier alpha value is -1.08. The first-order chi connectivity index (χ1) is 9.05. The summed E-state index contributed by atoms with van der Waals surface area (Å²) in [6, 6.07) is 2.32. The molecule has 0 aromatic heterocycles. The van der Waals surface area contributed by atoms with Crippen LogP contribution >= 0.6 is 0 Å². The van der Waals surface area contributed by atoms with Gasteiger partial charge in [0, 0.05) is 26.1 Å². The van der Waals surface area contributed by atoms with E-state index in [9.17, 15) is 4.79 Å². The van der Waals surface area contributed by atoms with E-state index in [0.29, 0.717) is 6.42 Å². The Kier molecular flexibility index (Phi) is 6.86. The van der Waals surface area contributed by atoms with Gasteiger partial charge in [0.15, 0.2) is 0 Å². The number of nitrogens with zero attached hydrogens (tertiary/aromatic N) is 2. The van der Waals surface area contributed by atoms with Gasteiger partial charge in [0.05, 0.1) is 11.5 Å². The second-order valence-electron chi connectivity index (χ2n) is 6.04. The third-order valence-electron chi connectivity index (χ3n) is 3.68. The molecule has 0 aromatic rings. The molecule has 1 heterocycles. The predicted molar refractivity (Wildman–Crippen MR) is 76.5 cm³/mol. The number of likely N-dealkylation sites (tertiary alicyclic amines) is 1. The van der Waals surface area contributed by atoms with E-state index in [1.807, 2.05) is 18.7 Å². The molecule has 4 heteroatoms. The maximum absolute atomic E-state index is 11.8. The number of hydrogen-bond donors (Lipinski definition) is 1. The van der Waals surface area contributed by atoms with E-state index in [1.165, 1.54) is 0 Å². The molecule has 0 aromatic carbocycles. The van der Waals surface area contributed by atoms with E-state index in [2.05, 4.69) is 11.4 Å². The molecule has 19 heavy (non-hydrogen) atoms. The molecule has 0 saturated carbocycles. The molecule has 108 valence electrons. The summed E-state index contributed by atoms with van der Waals surface area (Å²) >= 11 is 0. The SMILES string of the molecule is CC(C)(C#N)CCCCNCCC(=O)N1CCCC1. The van der Waals surface area contributed by atoms with Crippen LogP contribution in [0.15, 0.2) is 0 Å². The fraction of sp³-hybridized carbons (Fsp3) is 0.867. The lowest BCUT2D eigenvalue weighted by atomic mass is 9.89. The van der Waals surface area contributed by atoms with Crippen molar-refractivity contribution >= 4 is 5.91 Å². The van der Waals surface area contributed by atoms with Gasteiger partial charge >= 0.3 is 0 Å². The standard InChI is InChI=1S/C15H27N3O/c1-15(2,13-16)8-3-4-9-17-10-7-14(19)18-11-5-6-12-18/h17H,3-12H2,1-2H3. The first-order valence-corrected chi connectivity index (χ1v) is 7.45. The Bertz CT molecular complexity index is 314. The van der Waals surface area contributed by atoms with Crippen LogP contribution in [0, 0.1) is 16.7 Å². The first-order valence-electron chi connectivity index (χ1n) is 7.45. The fourth-order valence-corrected chi connectivity index (χ4v) is 2.32. The van der Waals surface area contributed by atoms with Crippen LogP contribution < -0.4 is 5.32 Å². The molecule has 0 atom stereocenters. The van der Waals surface area contributed by atoms with Crippen molar-refractivity contribution in [3.05, 3.63) is 0 Å². The summed E-state index contributed by atoms with van der Waals surface area (Å²) in [4.78, 5) is 13.7. The van der Waals surface area contributed by atoms with Gasteiger partial charge in [-0.05, 0) is 46.1 Å². The lowest BCUT2D eigenvalue weighted by Gasteiger charge is -2.16. The molecule has 1 aliphatic heterocycles. The van der Waals surface area contributed by atoms with Crippen molar-refractivity contribution in [2.45, 2.75) is 52.4 Å². The van der Waals surface area contributed by atoms with Crippen LogP contribution in [0.25, 0.3) is 0 Å². The molecule has 0 spiro atoms. The molecule has 1 aliphatic rings. The van der Waals surface area contributed by atoms with Crippen LogP contribution in [0.3, 0.4) is 0 Å². The van der Waals surface area contributed by atoms with Crippen molar-refractivity contribution in [1.82, 2.24) is 10.2 Å². The topological polar surface area (TPSA) is 56.1 Å². The zero-order valence-corrected chi connectivity index (χ0v) is 12.4. The monoisotopic (exact) mass is 265 g/mol. The number of carbonyl (C=O) groups excluding carboxylic acids is 1. The minimum absolute atomic E-state index is 0.203. The number of rotatable bonds is 8. The summed E-state index contributed by atoms with van der Waals surface area (Å²) in [7, 11) is 0. The number of unbranched alkanes of at least 4 members (excludes halogenated alkanes) is 1. The quantitative estimate of drug-likeness (QED) is 0.685. The average molecular weight is 265 g/mol. The van der Waals surface area contributed by atoms with E-state index >= 15 is 0 Å². The summed E-state index contributed by atoms with van der Waals surface area (Å²) in [5, 5.41) is 12.2. The molecule has 4 nitrogen and oxygen atoms in total. The molecule has 1 rings (SSSR count). The van der Waals surface area contributed by atoms with E-state index in [4.69, 9.17) is 5.26 Å². The minimum atomic E-state index is -0.203. The van der Waals surface area contributed by atoms with Gasteiger partial charge < -0.3 is 10.2 Å². The number of hydrogen-bond acceptors (Lipinski definition) is 3. The van der Waals surface area contributed by atoms with Gasteiger partial charge in [-0.2, -0.15) is 5.26 Å². The molecule has 1 amide bonds. The maximum atomic E-state index is 11.8. The molecular weight excluding hydrogens is 238 g/mol. The van der Waals surface area contributed by atoms with Gasteiger partial charge in [-0.25, -0.2) is 0 Å². The second-order valence-corrected chi connectivity index (χ2v) is 6.04. The molecule has 1 N–H and O–H groups in total. The normalized spacial score (nSPS) is 15.5. The third kappa shape index (κ3) is 6.58. The number of nitrogens with one attached hydrogen (secondary N) is 1. The van der Waals surface area contributed by atoms with Gasteiger partial charge in [0.2, 0.25) is 5.91 Å². The van der Waals surface area contributed by atoms with E-state index in [1.54, 1.807) is 0 Å². The molecule has 1 saturated heterocycles. The van der Waals surface area contributed by atoms with Gasteiger partial charge in [0.1, 0.15) is 0 Å². The second kappa shape index (κ2) is 8.16. The lowest BCUT2D eigenvalue weighted by Crippen LogP contribution is -2.30. The van der Waals surface area contributed by atoms with Crippen LogP contribution in [0.1, 0.15) is 52.4 Å². The Balaban J connectivity index is 1.94. The van der Waals surface area contributed by atoms with Gasteiger partial charge in [-0.3, -0.25) is 4.79 Å². The average Bonchev–Trinajstić information content (AvgIpc) is 2.91. The van der Waals surface area contributed by atoms with Crippen molar-refractivity contribution in [3.63, 3.8) is 0 Å². The highest BCUT2D eigenvalue weighted by molar-refractivity contribution is 5.76. The molecule has 0 radical (unpaired) electrons. The number of amides is 1. The smallest absolute Gasteiger partial charge is 0.223 e. The highest BCUT2D eigenvalue weighted by Crippen LogP contribution is 2.21. The van der Waals surface area contributed by atoms with Crippen molar-refractivity contribution in [2.24, 2.45) is 5.41 Å². The van der Waals surface area contributed by atoms with Crippen molar-refractivity contribution < 1.29 is 4.79 Å². The van der Waals surface area contributed by atoms with Crippen LogP contribution in [0.2, 0.25) is 0 Å². The largest absolute Gasteiger partial charge is 0.343 e. The summed E-state index contributed by atoms with van der Waals surface area (Å²) < 4.78 is 0. The summed E-state index contributed by atoms with van der Waals surface area (Å²) in [6.07, 6.45) is 6.01. The lowest BCUT2D eigenvalue weighted by molar-refractivity contribution is -0.130. The Morgan fingerprint density at radius 3 is 2.58 bits per heavy atom. The van der Waals surface area contributed by atoms with Crippen LogP contribution in [-0.2, 0) is 4.79 Å². The molecule has 0 bridgehead atoms. The van der Waals surface area contributed by atoms with Crippen LogP contribution in [0.5, 0.6) is 0 Å². The number of carbonyl (C=O) groups is 1. The highest BCUT2D eigenvalue weighted by atomic mass is 16.2. The predicted octanol–water partition coefficient (Wildman–Crippen LogP) is 2.31. The summed E-state index contributed by atoms with van der Waals surface area (Å²) in [5.74, 6) is 0.288. The minimum Gasteiger partial charge on any atom is -0.343 e. The zero-order chi connectivity index (χ0) is 14.1. The van der Waals surface area contributed by atoms with Gasteiger partial charge in [0.25, 0.3) is 0 Å². The molecule has 1 fully saturated rings. The summed E-state index contributed by atoms with van der Waals surface area (Å²) in [5.41, 5.74) is -0.203.